The lowest BCUT2D eigenvalue weighted by Crippen LogP contribution is -2.23. The Morgan fingerprint density at radius 2 is 1.72 bits per heavy atom. The quantitative estimate of drug-likeness (QED) is 0.543. The number of rotatable bonds is 4. The fourth-order valence-electron chi connectivity index (χ4n) is 3.34. The summed E-state index contributed by atoms with van der Waals surface area (Å²) in [6.45, 7) is 0. The largest absolute Gasteiger partial charge is 0.505 e. The van der Waals surface area contributed by atoms with E-state index in [0.29, 0.717) is 28.6 Å². The molecule has 2 aromatic heterocycles. The molecule has 29 heavy (non-hydrogen) atoms. The summed E-state index contributed by atoms with van der Waals surface area (Å²) in [5.41, 5.74) is 2.10. The Kier molecular flexibility index (Phi) is 4.83. The molecular weight excluding hydrogens is 368 g/mol. The molecule has 6 nitrogen and oxygen atoms in total. The second kappa shape index (κ2) is 7.59. The summed E-state index contributed by atoms with van der Waals surface area (Å²) in [5, 5.41) is 11.1. The van der Waals surface area contributed by atoms with Gasteiger partial charge < -0.3 is 9.84 Å². The third-order valence-corrected chi connectivity index (χ3v) is 4.74. The van der Waals surface area contributed by atoms with Gasteiger partial charge in [-0.25, -0.2) is 9.78 Å². The van der Waals surface area contributed by atoms with Crippen LogP contribution in [-0.4, -0.2) is 27.7 Å². The van der Waals surface area contributed by atoms with Crippen molar-refractivity contribution in [2.45, 2.75) is 6.42 Å². The van der Waals surface area contributed by atoms with E-state index in [-0.39, 0.29) is 17.0 Å². The summed E-state index contributed by atoms with van der Waals surface area (Å²) in [7, 11) is 1.22. The van der Waals surface area contributed by atoms with Crippen LogP contribution in [-0.2, 0) is 11.2 Å². The van der Waals surface area contributed by atoms with Gasteiger partial charge in [-0.15, -0.1) is 0 Å². The first-order valence-corrected chi connectivity index (χ1v) is 9.04. The van der Waals surface area contributed by atoms with Crippen molar-refractivity contribution in [2.24, 2.45) is 0 Å². The van der Waals surface area contributed by atoms with Gasteiger partial charge in [-0.05, 0) is 23.8 Å². The SMILES string of the molecule is COC(=O)c1ncc2c(cc(Cc3ccccc3)c(=O)n2-c2ccccc2)c1O. The molecule has 0 amide bonds. The second-order valence-electron chi connectivity index (χ2n) is 6.55. The van der Waals surface area contributed by atoms with Crippen molar-refractivity contribution in [3.05, 3.63) is 100 Å². The summed E-state index contributed by atoms with van der Waals surface area (Å²) in [6, 6.07) is 20.3. The zero-order valence-electron chi connectivity index (χ0n) is 15.7. The van der Waals surface area contributed by atoms with E-state index >= 15 is 0 Å². The lowest BCUT2D eigenvalue weighted by Gasteiger charge is -2.15. The number of ether oxygens (including phenoxy) is 1. The first-order valence-electron chi connectivity index (χ1n) is 9.04. The minimum Gasteiger partial charge on any atom is -0.505 e. The number of fused-ring (bicyclic) bond motifs is 1. The first-order chi connectivity index (χ1) is 14.1. The molecule has 4 aromatic rings. The number of hydrogen-bond acceptors (Lipinski definition) is 5. The van der Waals surface area contributed by atoms with E-state index in [1.165, 1.54) is 17.9 Å². The van der Waals surface area contributed by atoms with Gasteiger partial charge in [0.1, 0.15) is 0 Å². The van der Waals surface area contributed by atoms with Crippen LogP contribution in [0.1, 0.15) is 21.6 Å². The zero-order chi connectivity index (χ0) is 20.4. The lowest BCUT2D eigenvalue weighted by molar-refractivity contribution is 0.0591. The first kappa shape index (κ1) is 18.4. The number of aromatic hydroxyl groups is 1. The molecule has 2 heterocycles. The smallest absolute Gasteiger partial charge is 0.360 e. The van der Waals surface area contributed by atoms with Crippen LogP contribution in [0, 0.1) is 0 Å². The number of nitrogens with zero attached hydrogens (tertiary/aromatic N) is 2. The van der Waals surface area contributed by atoms with Crippen LogP contribution in [0.3, 0.4) is 0 Å². The van der Waals surface area contributed by atoms with Gasteiger partial charge in [-0.2, -0.15) is 0 Å². The van der Waals surface area contributed by atoms with Crippen LogP contribution >= 0.6 is 0 Å². The third kappa shape index (κ3) is 3.36. The summed E-state index contributed by atoms with van der Waals surface area (Å²) in [4.78, 5) is 29.3. The monoisotopic (exact) mass is 386 g/mol. The van der Waals surface area contributed by atoms with Crippen molar-refractivity contribution in [3.8, 4) is 11.4 Å². The Morgan fingerprint density at radius 1 is 1.07 bits per heavy atom. The molecule has 4 rings (SSSR count). The number of pyridine rings is 2. The number of esters is 1. The predicted molar refractivity (Wildman–Crippen MR) is 110 cm³/mol. The van der Waals surface area contributed by atoms with Crippen molar-refractivity contribution in [3.63, 3.8) is 0 Å². The summed E-state index contributed by atoms with van der Waals surface area (Å²) >= 11 is 0. The van der Waals surface area contributed by atoms with Gasteiger partial charge in [0, 0.05) is 23.1 Å². The Morgan fingerprint density at radius 3 is 2.38 bits per heavy atom. The molecule has 6 heteroatoms. The van der Waals surface area contributed by atoms with Gasteiger partial charge in [0.05, 0.1) is 18.8 Å². The van der Waals surface area contributed by atoms with Crippen molar-refractivity contribution >= 4 is 16.9 Å². The molecule has 0 spiro atoms. The highest BCUT2D eigenvalue weighted by Gasteiger charge is 2.20. The molecule has 0 aliphatic carbocycles. The minimum absolute atomic E-state index is 0.191. The molecular formula is C23H18N2O4. The molecule has 0 bridgehead atoms. The van der Waals surface area contributed by atoms with Gasteiger partial charge in [0.25, 0.3) is 5.56 Å². The van der Waals surface area contributed by atoms with E-state index in [9.17, 15) is 14.7 Å². The van der Waals surface area contributed by atoms with Crippen LogP contribution < -0.4 is 5.56 Å². The molecule has 0 fully saturated rings. The van der Waals surface area contributed by atoms with Crippen LogP contribution in [0.2, 0.25) is 0 Å². The molecule has 0 unspecified atom stereocenters. The molecule has 1 N–H and O–H groups in total. The number of carbonyl (C=O) groups is 1. The number of aromatic nitrogens is 2. The summed E-state index contributed by atoms with van der Waals surface area (Å²) in [6.07, 6.45) is 1.79. The van der Waals surface area contributed by atoms with Crippen LogP contribution in [0.4, 0.5) is 0 Å². The van der Waals surface area contributed by atoms with Crippen LogP contribution in [0.25, 0.3) is 16.6 Å². The molecule has 0 saturated carbocycles. The summed E-state index contributed by atoms with van der Waals surface area (Å²) < 4.78 is 6.20. The van der Waals surface area contributed by atoms with Crippen molar-refractivity contribution in [1.82, 2.24) is 9.55 Å². The number of benzene rings is 2. The van der Waals surface area contributed by atoms with E-state index in [1.54, 1.807) is 18.2 Å². The van der Waals surface area contributed by atoms with Crippen LogP contribution in [0.5, 0.6) is 5.75 Å². The van der Waals surface area contributed by atoms with Crippen LogP contribution in [0.15, 0.2) is 77.7 Å². The van der Waals surface area contributed by atoms with Crippen molar-refractivity contribution < 1.29 is 14.6 Å². The van der Waals surface area contributed by atoms with Gasteiger partial charge in [0.15, 0.2) is 11.4 Å². The normalized spacial score (nSPS) is 10.8. The maximum absolute atomic E-state index is 13.3. The van der Waals surface area contributed by atoms with Gasteiger partial charge in [-0.3, -0.25) is 9.36 Å². The topological polar surface area (TPSA) is 81.4 Å². The summed E-state index contributed by atoms with van der Waals surface area (Å²) in [5.74, 6) is -1.06. The van der Waals surface area contributed by atoms with Crippen molar-refractivity contribution in [2.75, 3.05) is 7.11 Å². The average Bonchev–Trinajstić information content (AvgIpc) is 2.76. The Balaban J connectivity index is 2.03. The molecule has 2 aromatic carbocycles. The fourth-order valence-corrected chi connectivity index (χ4v) is 3.34. The molecule has 0 aliphatic heterocycles. The minimum atomic E-state index is -0.744. The highest BCUT2D eigenvalue weighted by Crippen LogP contribution is 2.29. The number of methoxy groups -OCH3 is 1. The van der Waals surface area contributed by atoms with E-state index in [1.807, 2.05) is 48.5 Å². The molecule has 0 radical (unpaired) electrons. The molecule has 0 atom stereocenters. The maximum Gasteiger partial charge on any atom is 0.360 e. The van der Waals surface area contributed by atoms with Gasteiger partial charge in [-0.1, -0.05) is 48.5 Å². The van der Waals surface area contributed by atoms with E-state index in [0.717, 1.165) is 5.56 Å². The molecule has 144 valence electrons. The predicted octanol–water partition coefficient (Wildman–Crippen LogP) is 3.47. The lowest BCUT2D eigenvalue weighted by atomic mass is 10.0. The average molecular weight is 386 g/mol. The fraction of sp³-hybridized carbons (Fsp3) is 0.0870. The third-order valence-electron chi connectivity index (χ3n) is 4.74. The molecule has 0 aliphatic rings. The van der Waals surface area contributed by atoms with E-state index in [2.05, 4.69) is 4.98 Å². The number of hydrogen-bond donors (Lipinski definition) is 1. The number of para-hydroxylation sites is 1. The highest BCUT2D eigenvalue weighted by molar-refractivity contribution is 5.98. The van der Waals surface area contributed by atoms with Gasteiger partial charge in [0.2, 0.25) is 0 Å². The van der Waals surface area contributed by atoms with Crippen molar-refractivity contribution in [1.29, 1.82) is 0 Å². The highest BCUT2D eigenvalue weighted by atomic mass is 16.5. The number of carbonyl (C=O) groups excluding carboxylic acids is 1. The van der Waals surface area contributed by atoms with Gasteiger partial charge >= 0.3 is 5.97 Å². The zero-order valence-corrected chi connectivity index (χ0v) is 15.7. The maximum atomic E-state index is 13.3. The Labute approximate surface area is 166 Å². The second-order valence-corrected chi connectivity index (χ2v) is 6.55. The Hall–Kier alpha value is -3.93. The van der Waals surface area contributed by atoms with E-state index < -0.39 is 5.97 Å². The standard InChI is InChI=1S/C23H18N2O4/c1-29-23(28)20-21(26)18-13-16(12-15-8-4-2-5-9-15)22(27)25(19(18)14-24-20)17-10-6-3-7-11-17/h2-11,13-14,26H,12H2,1H3. The molecule has 0 saturated heterocycles. The Bertz CT molecular complexity index is 1250. The van der Waals surface area contributed by atoms with E-state index in [4.69, 9.17) is 4.74 Å².